The number of esters is 1. The summed E-state index contributed by atoms with van der Waals surface area (Å²) in [5.41, 5.74) is 11.3. The summed E-state index contributed by atoms with van der Waals surface area (Å²) in [5.74, 6) is -1.74. The second kappa shape index (κ2) is 18.5. The normalized spacial score (nSPS) is 13.3. The number of urea groups is 1. The molecular weight excluding hydrogens is 749 g/mol. The fourth-order valence-corrected chi connectivity index (χ4v) is 8.75. The lowest BCUT2D eigenvalue weighted by atomic mass is 9.84. The van der Waals surface area contributed by atoms with Gasteiger partial charge in [-0.15, -0.1) is 11.8 Å². The molecule has 0 spiro atoms. The van der Waals surface area contributed by atoms with Crippen molar-refractivity contribution in [2.75, 3.05) is 12.4 Å². The molecule has 0 saturated heterocycles. The van der Waals surface area contributed by atoms with Gasteiger partial charge in [-0.1, -0.05) is 153 Å². The van der Waals surface area contributed by atoms with E-state index in [1.165, 1.54) is 11.8 Å². The number of hydrogen-bond donors (Lipinski definition) is 4. The van der Waals surface area contributed by atoms with Crippen molar-refractivity contribution in [3.63, 3.8) is 0 Å². The number of ether oxygens (including phenoxy) is 2. The van der Waals surface area contributed by atoms with Gasteiger partial charge in [0.05, 0.1) is 4.75 Å². The SMILES string of the molecule is CC(C)[C@H](NC(=O)NNC(=O)[C@H](CSC(c1ccccc1)(c1ccccc1)c1ccccc1)NC(=O)OCC1c2ccccc2-c2ccccc21)C(=O)OC(C)(C)C. The number of hydrogen-bond acceptors (Lipinski definition) is 7. The Morgan fingerprint density at radius 1 is 0.638 bits per heavy atom. The molecule has 58 heavy (non-hydrogen) atoms. The van der Waals surface area contributed by atoms with Gasteiger partial charge in [0.1, 0.15) is 24.3 Å². The van der Waals surface area contributed by atoms with E-state index >= 15 is 0 Å². The van der Waals surface area contributed by atoms with Gasteiger partial charge in [0.15, 0.2) is 0 Å². The van der Waals surface area contributed by atoms with Gasteiger partial charge >= 0.3 is 18.1 Å². The number of rotatable bonds is 13. The average Bonchev–Trinajstić information content (AvgIpc) is 3.54. The van der Waals surface area contributed by atoms with Crippen LogP contribution >= 0.6 is 11.8 Å². The van der Waals surface area contributed by atoms with Gasteiger partial charge in [-0.3, -0.25) is 10.2 Å². The van der Waals surface area contributed by atoms with E-state index in [0.717, 1.165) is 38.9 Å². The fraction of sp³-hybridized carbons (Fsp3) is 0.277. The molecule has 0 heterocycles. The Morgan fingerprint density at radius 2 is 1.10 bits per heavy atom. The predicted molar refractivity (Wildman–Crippen MR) is 228 cm³/mol. The largest absolute Gasteiger partial charge is 0.458 e. The summed E-state index contributed by atoms with van der Waals surface area (Å²) in [7, 11) is 0. The number of hydrazine groups is 1. The van der Waals surface area contributed by atoms with Crippen LogP contribution in [0.2, 0.25) is 0 Å². The van der Waals surface area contributed by atoms with Crippen molar-refractivity contribution >= 4 is 35.8 Å². The minimum Gasteiger partial charge on any atom is -0.458 e. The summed E-state index contributed by atoms with van der Waals surface area (Å²) in [5, 5.41) is 5.41. The standard InChI is InChI=1S/C47H50N4O6S/c1-31(2)41(43(53)57-46(3,4)5)49-44(54)51-50-42(52)40(48-45(55)56-29-39-37-27-17-15-25-35(37)36-26-16-18-28-38(36)39)30-58-47(32-19-9-6-10-20-32,33-21-11-7-12-22-33)34-23-13-8-14-24-34/h6-28,31,39-41H,29-30H2,1-5H3,(H,48,55)(H,50,52)(H2,49,51,54)/t40-,41-/m0/s1. The highest BCUT2D eigenvalue weighted by Crippen LogP contribution is 2.49. The van der Waals surface area contributed by atoms with E-state index in [-0.39, 0.29) is 24.2 Å². The topological polar surface area (TPSA) is 135 Å². The molecule has 5 aromatic carbocycles. The van der Waals surface area contributed by atoms with Crippen molar-refractivity contribution in [3.05, 3.63) is 167 Å². The Morgan fingerprint density at radius 3 is 1.57 bits per heavy atom. The summed E-state index contributed by atoms with van der Waals surface area (Å²) in [6, 6.07) is 43.1. The van der Waals surface area contributed by atoms with Crippen LogP contribution in [0.25, 0.3) is 11.1 Å². The van der Waals surface area contributed by atoms with Crippen LogP contribution in [0.15, 0.2) is 140 Å². The second-order valence-corrected chi connectivity index (χ2v) is 16.7. The summed E-state index contributed by atoms with van der Waals surface area (Å²) in [6.45, 7) is 8.82. The molecule has 5 aromatic rings. The predicted octanol–water partition coefficient (Wildman–Crippen LogP) is 8.32. The van der Waals surface area contributed by atoms with E-state index in [9.17, 15) is 19.2 Å². The maximum absolute atomic E-state index is 14.1. The molecule has 10 nitrogen and oxygen atoms in total. The van der Waals surface area contributed by atoms with E-state index < -0.39 is 46.4 Å². The van der Waals surface area contributed by atoms with Crippen molar-refractivity contribution in [3.8, 4) is 11.1 Å². The molecule has 0 unspecified atom stereocenters. The van der Waals surface area contributed by atoms with Crippen molar-refractivity contribution in [2.24, 2.45) is 5.92 Å². The van der Waals surface area contributed by atoms with Crippen LogP contribution in [0.1, 0.15) is 68.4 Å². The van der Waals surface area contributed by atoms with Crippen LogP contribution in [0.3, 0.4) is 0 Å². The molecule has 2 atom stereocenters. The third-order valence-electron chi connectivity index (χ3n) is 9.87. The zero-order valence-corrected chi connectivity index (χ0v) is 34.2. The number of carbonyl (C=O) groups excluding carboxylic acids is 4. The Bertz CT molecular complexity index is 2050. The quantitative estimate of drug-likeness (QED) is 0.0535. The van der Waals surface area contributed by atoms with Crippen molar-refractivity contribution in [1.29, 1.82) is 0 Å². The van der Waals surface area contributed by atoms with Crippen LogP contribution in [-0.4, -0.2) is 54.0 Å². The summed E-state index contributed by atoms with van der Waals surface area (Å²) in [4.78, 5) is 53.9. The molecule has 0 fully saturated rings. The molecule has 0 bridgehead atoms. The molecule has 1 aliphatic carbocycles. The Labute approximate surface area is 344 Å². The lowest BCUT2D eigenvalue weighted by molar-refractivity contribution is -0.158. The molecule has 4 amide bonds. The first-order chi connectivity index (χ1) is 27.9. The summed E-state index contributed by atoms with van der Waals surface area (Å²) >= 11 is 1.47. The molecule has 0 radical (unpaired) electrons. The van der Waals surface area contributed by atoms with Crippen LogP contribution in [0, 0.1) is 5.92 Å². The highest BCUT2D eigenvalue weighted by atomic mass is 32.2. The van der Waals surface area contributed by atoms with Crippen LogP contribution < -0.4 is 21.5 Å². The molecule has 0 aliphatic heterocycles. The van der Waals surface area contributed by atoms with Gasteiger partial charge < -0.3 is 20.1 Å². The number of amides is 4. The minimum atomic E-state index is -1.19. The first kappa shape index (κ1) is 41.6. The first-order valence-electron chi connectivity index (χ1n) is 19.4. The van der Waals surface area contributed by atoms with Crippen LogP contribution in [-0.2, 0) is 23.8 Å². The summed E-state index contributed by atoms with van der Waals surface area (Å²) in [6.07, 6.45) is -0.790. The smallest absolute Gasteiger partial charge is 0.407 e. The number of benzene rings is 5. The van der Waals surface area contributed by atoms with Gasteiger partial charge in [-0.05, 0) is 65.6 Å². The van der Waals surface area contributed by atoms with Gasteiger partial charge in [0.2, 0.25) is 0 Å². The van der Waals surface area contributed by atoms with Crippen LogP contribution in [0.4, 0.5) is 9.59 Å². The molecule has 4 N–H and O–H groups in total. The average molecular weight is 799 g/mol. The number of nitrogens with one attached hydrogen (secondary N) is 4. The molecule has 0 saturated carbocycles. The second-order valence-electron chi connectivity index (χ2n) is 15.5. The molecule has 300 valence electrons. The Kier molecular flexibility index (Phi) is 13.2. The Balaban J connectivity index is 1.25. The van der Waals surface area contributed by atoms with Crippen molar-refractivity contribution in [2.45, 2.75) is 63.0 Å². The van der Waals surface area contributed by atoms with Gasteiger partial charge in [-0.2, -0.15) is 0 Å². The third kappa shape index (κ3) is 9.71. The minimum absolute atomic E-state index is 0.0469. The van der Waals surface area contributed by atoms with Gasteiger partial charge in [-0.25, -0.2) is 19.8 Å². The highest BCUT2D eigenvalue weighted by molar-refractivity contribution is 8.00. The monoisotopic (exact) mass is 798 g/mol. The lowest BCUT2D eigenvalue weighted by Crippen LogP contribution is -2.58. The maximum Gasteiger partial charge on any atom is 0.407 e. The van der Waals surface area contributed by atoms with E-state index in [1.54, 1.807) is 34.6 Å². The molecular formula is C47H50N4O6S. The third-order valence-corrected chi connectivity index (χ3v) is 11.5. The van der Waals surface area contributed by atoms with E-state index in [4.69, 9.17) is 9.47 Å². The van der Waals surface area contributed by atoms with Crippen molar-refractivity contribution in [1.82, 2.24) is 21.5 Å². The van der Waals surface area contributed by atoms with E-state index in [0.29, 0.717) is 0 Å². The number of alkyl carbamates (subject to hydrolysis) is 1. The molecule has 1 aliphatic rings. The molecule has 0 aromatic heterocycles. The zero-order valence-electron chi connectivity index (χ0n) is 33.4. The van der Waals surface area contributed by atoms with Crippen LogP contribution in [0.5, 0.6) is 0 Å². The van der Waals surface area contributed by atoms with E-state index in [1.807, 2.05) is 127 Å². The Hall–Kier alpha value is -6.07. The maximum atomic E-state index is 14.1. The van der Waals surface area contributed by atoms with E-state index in [2.05, 4.69) is 33.6 Å². The first-order valence-corrected chi connectivity index (χ1v) is 20.4. The zero-order chi connectivity index (χ0) is 41.3. The van der Waals surface area contributed by atoms with Crippen molar-refractivity contribution < 1.29 is 28.7 Å². The number of carbonyl (C=O) groups is 4. The lowest BCUT2D eigenvalue weighted by Gasteiger charge is -2.36. The molecule has 6 rings (SSSR count). The fourth-order valence-electron chi connectivity index (χ4n) is 7.19. The summed E-state index contributed by atoms with van der Waals surface area (Å²) < 4.78 is 10.6. The number of thioether (sulfide) groups is 1. The number of fused-ring (bicyclic) bond motifs is 3. The highest BCUT2D eigenvalue weighted by Gasteiger charge is 2.39. The van der Waals surface area contributed by atoms with Gasteiger partial charge in [0.25, 0.3) is 5.91 Å². The van der Waals surface area contributed by atoms with Gasteiger partial charge in [0, 0.05) is 11.7 Å². The molecule has 11 heteroatoms.